The lowest BCUT2D eigenvalue weighted by atomic mass is 9.98. The van der Waals surface area contributed by atoms with Gasteiger partial charge in [0.1, 0.15) is 11.6 Å². The lowest BCUT2D eigenvalue weighted by Crippen LogP contribution is -2.33. The topological polar surface area (TPSA) is 111 Å². The third kappa shape index (κ3) is 5.68. The van der Waals surface area contributed by atoms with Crippen molar-refractivity contribution in [2.75, 3.05) is 65.1 Å². The van der Waals surface area contributed by atoms with Gasteiger partial charge in [-0.2, -0.15) is 9.97 Å². The Kier molecular flexibility index (Phi) is 7.48. The molecule has 1 saturated carbocycles. The summed E-state index contributed by atoms with van der Waals surface area (Å²) in [6, 6.07) is 9.38. The molecule has 1 aliphatic carbocycles. The number of phenolic OH excluding ortho intramolecular Hbond substituents is 1. The average molecular weight is 562 g/mol. The number of phenols is 1. The highest BCUT2D eigenvalue weighted by atomic mass is 16.5. The van der Waals surface area contributed by atoms with Crippen molar-refractivity contribution in [1.29, 1.82) is 0 Å². The number of fused-ring (bicyclic) bond motifs is 2. The molecule has 1 saturated heterocycles. The summed E-state index contributed by atoms with van der Waals surface area (Å²) in [6.07, 6.45) is 2.23. The average Bonchev–Trinajstić information content (AvgIpc) is 3.63. The van der Waals surface area contributed by atoms with Crippen LogP contribution in [0.25, 0.3) is 10.8 Å². The van der Waals surface area contributed by atoms with Crippen LogP contribution < -0.4 is 9.64 Å². The van der Waals surface area contributed by atoms with Crippen LogP contribution in [0.3, 0.4) is 0 Å². The highest BCUT2D eigenvalue weighted by Gasteiger charge is 2.44. The van der Waals surface area contributed by atoms with Crippen LogP contribution >= 0.6 is 0 Å². The van der Waals surface area contributed by atoms with E-state index in [4.69, 9.17) is 19.4 Å². The summed E-state index contributed by atoms with van der Waals surface area (Å²) < 4.78 is 12.0. The highest BCUT2D eigenvalue weighted by Crippen LogP contribution is 2.46. The maximum absolute atomic E-state index is 14.0. The monoisotopic (exact) mass is 561 g/mol. The minimum atomic E-state index is -0.165. The second-order valence-corrected chi connectivity index (χ2v) is 12.2. The van der Waals surface area contributed by atoms with Crippen molar-refractivity contribution < 1.29 is 24.5 Å². The summed E-state index contributed by atoms with van der Waals surface area (Å²) in [4.78, 5) is 29.8. The summed E-state index contributed by atoms with van der Waals surface area (Å²) in [7, 11) is 4.15. The molecule has 10 nitrogen and oxygen atoms in total. The molecule has 218 valence electrons. The number of ether oxygens (including phenoxy) is 2. The van der Waals surface area contributed by atoms with Crippen LogP contribution in [0.2, 0.25) is 0 Å². The number of aromatic nitrogens is 2. The number of amides is 1. The van der Waals surface area contributed by atoms with Crippen molar-refractivity contribution in [1.82, 2.24) is 19.8 Å². The minimum Gasteiger partial charge on any atom is -0.508 e. The second kappa shape index (κ2) is 11.1. The Morgan fingerprint density at radius 2 is 2.05 bits per heavy atom. The second-order valence-electron chi connectivity index (χ2n) is 12.2. The standard InChI is InChI=1S/C31H39N5O5/c1-20-5-4-6-22-11-23(38)12-24(27(20)22)29(39)36-14-25-26(15-36)32-30(41-19-31(7-8-31)18-34(2)3)33-28(25)35-9-10-40-17-21(13-35)16-37/h4-6,11-12,21,37-38H,7-10,13-19H2,1-3H3. The van der Waals surface area contributed by atoms with Gasteiger partial charge in [0.2, 0.25) is 0 Å². The SMILES string of the molecule is Cc1cccc2cc(O)cc(C(=O)N3Cc4nc(OCC5(CN(C)C)CC5)nc(N5CCOCC(CO)C5)c4C3)c12. The third-order valence-corrected chi connectivity index (χ3v) is 8.44. The van der Waals surface area contributed by atoms with E-state index >= 15 is 0 Å². The molecule has 6 rings (SSSR count). The van der Waals surface area contributed by atoms with Gasteiger partial charge in [0.05, 0.1) is 44.2 Å². The number of hydrogen-bond acceptors (Lipinski definition) is 9. The summed E-state index contributed by atoms with van der Waals surface area (Å²) in [5, 5.41) is 22.0. The van der Waals surface area contributed by atoms with E-state index in [1.165, 1.54) is 0 Å². The molecule has 2 aromatic carbocycles. The Balaban J connectivity index is 1.33. The molecule has 2 N–H and O–H groups in total. The van der Waals surface area contributed by atoms with E-state index in [9.17, 15) is 15.0 Å². The smallest absolute Gasteiger partial charge is 0.318 e. The molecule has 1 unspecified atom stereocenters. The molecule has 1 atom stereocenters. The number of aromatic hydroxyl groups is 1. The predicted octanol–water partition coefficient (Wildman–Crippen LogP) is 2.97. The van der Waals surface area contributed by atoms with Gasteiger partial charge in [0.15, 0.2) is 0 Å². The van der Waals surface area contributed by atoms with E-state index in [1.54, 1.807) is 17.0 Å². The van der Waals surface area contributed by atoms with Crippen molar-refractivity contribution in [3.8, 4) is 11.8 Å². The van der Waals surface area contributed by atoms with E-state index in [2.05, 4.69) is 23.9 Å². The molecule has 2 fully saturated rings. The van der Waals surface area contributed by atoms with Crippen LogP contribution in [0.4, 0.5) is 5.82 Å². The van der Waals surface area contributed by atoms with Gasteiger partial charge in [-0.3, -0.25) is 4.79 Å². The van der Waals surface area contributed by atoms with Crippen molar-refractivity contribution >= 4 is 22.5 Å². The molecule has 0 spiro atoms. The number of anilines is 1. The minimum absolute atomic E-state index is 0.0225. The molecule has 3 aromatic rings. The fourth-order valence-corrected chi connectivity index (χ4v) is 6.22. The first-order chi connectivity index (χ1) is 19.7. The summed E-state index contributed by atoms with van der Waals surface area (Å²) in [6.45, 7) is 6.38. The maximum Gasteiger partial charge on any atom is 0.318 e. The lowest BCUT2D eigenvalue weighted by molar-refractivity contribution is 0.0752. The third-order valence-electron chi connectivity index (χ3n) is 8.44. The van der Waals surface area contributed by atoms with Crippen LogP contribution in [-0.2, 0) is 17.8 Å². The first-order valence-corrected chi connectivity index (χ1v) is 14.4. The molecule has 2 aliphatic heterocycles. The van der Waals surface area contributed by atoms with E-state index in [0.29, 0.717) is 57.6 Å². The number of nitrogens with zero attached hydrogens (tertiary/aromatic N) is 5. The Morgan fingerprint density at radius 3 is 2.80 bits per heavy atom. The first kappa shape index (κ1) is 27.7. The summed E-state index contributed by atoms with van der Waals surface area (Å²) in [5.41, 5.74) is 3.23. The van der Waals surface area contributed by atoms with E-state index in [-0.39, 0.29) is 29.6 Å². The number of aliphatic hydroxyl groups excluding tert-OH is 1. The van der Waals surface area contributed by atoms with Gasteiger partial charge < -0.3 is 34.4 Å². The zero-order valence-electron chi connectivity index (χ0n) is 24.1. The first-order valence-electron chi connectivity index (χ1n) is 14.4. The van der Waals surface area contributed by atoms with E-state index in [1.807, 2.05) is 25.1 Å². The van der Waals surface area contributed by atoms with Gasteiger partial charge in [-0.25, -0.2) is 0 Å². The van der Waals surface area contributed by atoms with Gasteiger partial charge in [0.25, 0.3) is 5.91 Å². The van der Waals surface area contributed by atoms with Crippen molar-refractivity contribution in [3.63, 3.8) is 0 Å². The highest BCUT2D eigenvalue weighted by molar-refractivity contribution is 6.09. The number of rotatable bonds is 8. The molecule has 1 aromatic heterocycles. The van der Waals surface area contributed by atoms with Crippen LogP contribution in [0, 0.1) is 18.3 Å². The number of carbonyl (C=O) groups excluding carboxylic acids is 1. The van der Waals surface area contributed by atoms with Crippen LogP contribution in [0.15, 0.2) is 30.3 Å². The molecular formula is C31H39N5O5. The molecule has 1 amide bonds. The molecule has 10 heteroatoms. The number of aliphatic hydroxyl groups is 1. The summed E-state index contributed by atoms with van der Waals surface area (Å²) in [5.74, 6) is 0.592. The van der Waals surface area contributed by atoms with Gasteiger partial charge in [0, 0.05) is 43.1 Å². The van der Waals surface area contributed by atoms with Gasteiger partial charge in [-0.05, 0) is 62.3 Å². The quantitative estimate of drug-likeness (QED) is 0.429. The van der Waals surface area contributed by atoms with Crippen molar-refractivity contribution in [3.05, 3.63) is 52.7 Å². The van der Waals surface area contributed by atoms with Crippen LogP contribution in [0.1, 0.15) is 40.0 Å². The zero-order chi connectivity index (χ0) is 28.7. The molecule has 3 aliphatic rings. The van der Waals surface area contributed by atoms with Gasteiger partial charge in [-0.1, -0.05) is 18.2 Å². The van der Waals surface area contributed by atoms with Crippen LogP contribution in [-0.4, -0.2) is 96.0 Å². The van der Waals surface area contributed by atoms with Crippen molar-refractivity contribution in [2.24, 2.45) is 11.3 Å². The van der Waals surface area contributed by atoms with Crippen molar-refractivity contribution in [2.45, 2.75) is 32.9 Å². The number of benzene rings is 2. The fourth-order valence-electron chi connectivity index (χ4n) is 6.22. The summed E-state index contributed by atoms with van der Waals surface area (Å²) >= 11 is 0. The van der Waals surface area contributed by atoms with E-state index in [0.717, 1.165) is 52.8 Å². The fraction of sp³-hybridized carbons (Fsp3) is 0.516. The molecular weight excluding hydrogens is 522 g/mol. The Hall–Kier alpha value is -3.47. The number of aryl methyl sites for hydroxylation is 1. The molecule has 3 heterocycles. The normalized spacial score (nSPS) is 19.9. The predicted molar refractivity (Wildman–Crippen MR) is 155 cm³/mol. The number of carbonyl (C=O) groups is 1. The largest absolute Gasteiger partial charge is 0.508 e. The molecule has 0 radical (unpaired) electrons. The van der Waals surface area contributed by atoms with Gasteiger partial charge in [-0.15, -0.1) is 0 Å². The Morgan fingerprint density at radius 1 is 1.22 bits per heavy atom. The maximum atomic E-state index is 14.0. The zero-order valence-corrected chi connectivity index (χ0v) is 24.1. The molecule has 41 heavy (non-hydrogen) atoms. The van der Waals surface area contributed by atoms with E-state index < -0.39 is 0 Å². The van der Waals surface area contributed by atoms with Gasteiger partial charge >= 0.3 is 6.01 Å². The Labute approximate surface area is 240 Å². The Bertz CT molecular complexity index is 1460. The van der Waals surface area contributed by atoms with Crippen LogP contribution in [0.5, 0.6) is 11.8 Å². The lowest BCUT2D eigenvalue weighted by Gasteiger charge is -2.26. The number of hydrogen-bond donors (Lipinski definition) is 2. The molecule has 0 bridgehead atoms.